The van der Waals surface area contributed by atoms with E-state index < -0.39 is 0 Å². The van der Waals surface area contributed by atoms with Crippen LogP contribution in [-0.4, -0.2) is 60.7 Å². The molecular formula is C30H33N5O5S. The molecule has 2 aromatic carbocycles. The molecule has 41 heavy (non-hydrogen) atoms. The molecule has 1 fully saturated rings. The van der Waals surface area contributed by atoms with Crippen LogP contribution in [0.4, 0.5) is 5.69 Å². The quantitative estimate of drug-likeness (QED) is 0.266. The van der Waals surface area contributed by atoms with Crippen LogP contribution in [0.2, 0.25) is 0 Å². The topological polar surface area (TPSA) is 119 Å². The largest absolute Gasteiger partial charge is 0.493 e. The molecule has 4 aromatic rings. The average Bonchev–Trinajstić information content (AvgIpc) is 3.70. The van der Waals surface area contributed by atoms with Crippen molar-refractivity contribution in [3.05, 3.63) is 77.0 Å². The fraction of sp³-hybridized carbons (Fsp3) is 0.333. The van der Waals surface area contributed by atoms with Crippen LogP contribution in [0.1, 0.15) is 34.7 Å². The first kappa shape index (κ1) is 28.3. The van der Waals surface area contributed by atoms with E-state index in [-0.39, 0.29) is 17.7 Å². The molecule has 214 valence electrons. The van der Waals surface area contributed by atoms with E-state index in [0.29, 0.717) is 60.5 Å². The summed E-state index contributed by atoms with van der Waals surface area (Å²) in [6, 6.07) is 16.7. The minimum Gasteiger partial charge on any atom is -0.493 e. The lowest BCUT2D eigenvalue weighted by Crippen LogP contribution is -2.40. The maximum Gasteiger partial charge on any atom is 0.253 e. The number of rotatable bonds is 11. The first-order chi connectivity index (χ1) is 20.0. The lowest BCUT2D eigenvalue weighted by Gasteiger charge is -2.31. The van der Waals surface area contributed by atoms with Gasteiger partial charge >= 0.3 is 0 Å². The third-order valence-electron chi connectivity index (χ3n) is 7.02. The number of hydrogen-bond donors (Lipinski definition) is 2. The summed E-state index contributed by atoms with van der Waals surface area (Å²) in [4.78, 5) is 33.9. The Bertz CT molecular complexity index is 1470. The van der Waals surface area contributed by atoms with E-state index in [1.54, 1.807) is 43.8 Å². The van der Waals surface area contributed by atoms with Crippen LogP contribution >= 0.6 is 11.3 Å². The van der Waals surface area contributed by atoms with Gasteiger partial charge in [0.25, 0.3) is 5.91 Å². The fourth-order valence-electron chi connectivity index (χ4n) is 4.91. The number of para-hydroxylation sites is 1. The molecule has 0 saturated carbocycles. The van der Waals surface area contributed by atoms with Gasteiger partial charge in [-0.1, -0.05) is 29.4 Å². The molecule has 0 spiro atoms. The Morgan fingerprint density at radius 1 is 1.10 bits per heavy atom. The highest BCUT2D eigenvalue weighted by atomic mass is 32.1. The van der Waals surface area contributed by atoms with E-state index >= 15 is 0 Å². The van der Waals surface area contributed by atoms with Gasteiger partial charge in [0.2, 0.25) is 17.6 Å². The maximum atomic E-state index is 13.3. The van der Waals surface area contributed by atoms with Crippen LogP contribution in [0.15, 0.2) is 64.5 Å². The highest BCUT2D eigenvalue weighted by molar-refractivity contribution is 7.13. The fourth-order valence-corrected chi connectivity index (χ4v) is 5.56. The molecule has 1 unspecified atom stereocenters. The van der Waals surface area contributed by atoms with Crippen LogP contribution in [0.5, 0.6) is 11.5 Å². The molecule has 10 nitrogen and oxygen atoms in total. The summed E-state index contributed by atoms with van der Waals surface area (Å²) in [6.45, 7) is 2.33. The second-order valence-corrected chi connectivity index (χ2v) is 10.7. The van der Waals surface area contributed by atoms with Gasteiger partial charge in [-0.25, -0.2) is 0 Å². The molecule has 1 aliphatic heterocycles. The van der Waals surface area contributed by atoms with Crippen LogP contribution in [0.25, 0.3) is 10.7 Å². The van der Waals surface area contributed by atoms with Gasteiger partial charge in [0.05, 0.1) is 42.8 Å². The van der Waals surface area contributed by atoms with Crippen LogP contribution < -0.4 is 20.1 Å². The zero-order valence-corrected chi connectivity index (χ0v) is 23.9. The van der Waals surface area contributed by atoms with E-state index in [9.17, 15) is 9.59 Å². The second-order valence-electron chi connectivity index (χ2n) is 9.79. The second kappa shape index (κ2) is 13.4. The zero-order chi connectivity index (χ0) is 28.6. The summed E-state index contributed by atoms with van der Waals surface area (Å²) in [7, 11) is 3.19. The number of hydrogen-bond acceptors (Lipinski definition) is 9. The van der Waals surface area contributed by atoms with Crippen molar-refractivity contribution in [3.8, 4) is 22.2 Å². The van der Waals surface area contributed by atoms with Crippen molar-refractivity contribution in [1.29, 1.82) is 0 Å². The van der Waals surface area contributed by atoms with Gasteiger partial charge in [0.1, 0.15) is 0 Å². The molecule has 1 saturated heterocycles. The molecule has 0 bridgehead atoms. The number of likely N-dealkylation sites (tertiary alicyclic amines) is 1. The molecule has 1 atom stereocenters. The number of methoxy groups -OCH3 is 2. The van der Waals surface area contributed by atoms with Gasteiger partial charge in [-0.15, -0.1) is 11.3 Å². The molecule has 2 aromatic heterocycles. The van der Waals surface area contributed by atoms with E-state index in [4.69, 9.17) is 14.0 Å². The number of nitrogens with one attached hydrogen (secondary N) is 2. The van der Waals surface area contributed by atoms with Crippen molar-refractivity contribution in [1.82, 2.24) is 20.4 Å². The number of aromatic nitrogens is 2. The first-order valence-electron chi connectivity index (χ1n) is 13.5. The minimum absolute atomic E-state index is 0.106. The number of ether oxygens (including phenoxy) is 2. The van der Waals surface area contributed by atoms with E-state index in [1.807, 2.05) is 41.8 Å². The van der Waals surface area contributed by atoms with E-state index in [1.165, 1.54) is 0 Å². The smallest absolute Gasteiger partial charge is 0.253 e. The van der Waals surface area contributed by atoms with E-state index in [2.05, 4.69) is 25.7 Å². The van der Waals surface area contributed by atoms with Gasteiger partial charge < -0.3 is 24.6 Å². The van der Waals surface area contributed by atoms with Crippen molar-refractivity contribution < 1.29 is 23.6 Å². The summed E-state index contributed by atoms with van der Waals surface area (Å²) >= 11 is 1.56. The molecule has 1 aliphatic rings. The van der Waals surface area contributed by atoms with Crippen molar-refractivity contribution in [3.63, 3.8) is 0 Å². The van der Waals surface area contributed by atoms with Gasteiger partial charge in [0.15, 0.2) is 11.5 Å². The summed E-state index contributed by atoms with van der Waals surface area (Å²) in [5.74, 6) is 1.85. The maximum absolute atomic E-state index is 13.3. The van der Waals surface area contributed by atoms with Gasteiger partial charge in [-0.3, -0.25) is 14.5 Å². The normalized spacial score (nSPS) is 15.3. The number of benzene rings is 2. The van der Waals surface area contributed by atoms with Gasteiger partial charge in [-0.05, 0) is 67.1 Å². The average molecular weight is 576 g/mol. The third kappa shape index (κ3) is 7.11. The number of nitrogens with zero attached hydrogens (tertiary/aromatic N) is 3. The number of anilines is 1. The summed E-state index contributed by atoms with van der Waals surface area (Å²) in [5, 5.41) is 12.0. The van der Waals surface area contributed by atoms with Gasteiger partial charge in [-0.2, -0.15) is 4.98 Å². The number of carbonyl (C=O) groups is 2. The van der Waals surface area contributed by atoms with Crippen molar-refractivity contribution in [2.24, 2.45) is 5.92 Å². The Labute approximate surface area is 242 Å². The molecule has 3 heterocycles. The number of carbonyl (C=O) groups excluding carboxylic acids is 2. The number of amides is 2. The Morgan fingerprint density at radius 3 is 2.76 bits per heavy atom. The predicted molar refractivity (Wildman–Crippen MR) is 156 cm³/mol. The van der Waals surface area contributed by atoms with E-state index in [0.717, 1.165) is 29.8 Å². The number of thiophene rings is 1. The highest BCUT2D eigenvalue weighted by Gasteiger charge is 2.28. The monoisotopic (exact) mass is 575 g/mol. The molecule has 0 radical (unpaired) electrons. The summed E-state index contributed by atoms with van der Waals surface area (Å²) in [5.41, 5.74) is 1.93. The summed E-state index contributed by atoms with van der Waals surface area (Å²) in [6.07, 6.45) is 2.27. The zero-order valence-electron chi connectivity index (χ0n) is 23.1. The lowest BCUT2D eigenvalue weighted by molar-refractivity contribution is -0.121. The van der Waals surface area contributed by atoms with Crippen LogP contribution in [0.3, 0.4) is 0 Å². The number of piperidine rings is 1. The first-order valence-corrected chi connectivity index (χ1v) is 14.4. The standard InChI is InChI=1S/C30H33N5O5S/c1-38-24-12-11-20(17-25(24)39-2)13-14-31-30(37)22-8-3-4-9-23(22)32-29(36)21-7-5-15-35(18-21)19-27-33-28(34-40-27)26-10-6-16-41-26/h3-4,6,8-12,16-17,21H,5,7,13-15,18-19H2,1-2H3,(H,31,37)(H,32,36). The Hall–Kier alpha value is -4.22. The van der Waals surface area contributed by atoms with Crippen molar-refractivity contribution >= 4 is 28.8 Å². The summed E-state index contributed by atoms with van der Waals surface area (Å²) < 4.78 is 16.1. The molecule has 2 N–H and O–H groups in total. The van der Waals surface area contributed by atoms with Crippen molar-refractivity contribution in [2.45, 2.75) is 25.8 Å². The molecule has 0 aliphatic carbocycles. The van der Waals surface area contributed by atoms with Crippen LogP contribution in [0, 0.1) is 5.92 Å². The Morgan fingerprint density at radius 2 is 1.95 bits per heavy atom. The molecular weight excluding hydrogens is 542 g/mol. The van der Waals surface area contributed by atoms with Crippen LogP contribution in [-0.2, 0) is 17.8 Å². The lowest BCUT2D eigenvalue weighted by atomic mass is 9.96. The molecule has 2 amide bonds. The Kier molecular flexibility index (Phi) is 9.27. The molecule has 5 rings (SSSR count). The van der Waals surface area contributed by atoms with Gasteiger partial charge in [0, 0.05) is 13.1 Å². The Balaban J connectivity index is 1.15. The predicted octanol–water partition coefficient (Wildman–Crippen LogP) is 4.64. The molecule has 11 heteroatoms. The highest BCUT2D eigenvalue weighted by Crippen LogP contribution is 2.28. The van der Waals surface area contributed by atoms with Crippen molar-refractivity contribution in [2.75, 3.05) is 39.2 Å². The minimum atomic E-state index is -0.246. The SMILES string of the molecule is COc1ccc(CCNC(=O)c2ccccc2NC(=O)C2CCCN(Cc3nc(-c4cccs4)no3)C2)cc1OC. The third-order valence-corrected chi connectivity index (χ3v) is 7.89.